The molecule has 35 heavy (non-hydrogen) atoms. The van der Waals surface area contributed by atoms with E-state index in [0.29, 0.717) is 24.2 Å². The first-order valence-electron chi connectivity index (χ1n) is 12.0. The van der Waals surface area contributed by atoms with E-state index < -0.39 is 6.10 Å². The Kier molecular flexibility index (Phi) is 9.21. The van der Waals surface area contributed by atoms with Crippen LogP contribution in [0.25, 0.3) is 0 Å². The molecule has 1 N–H and O–H groups in total. The Morgan fingerprint density at radius 3 is 2.89 bits per heavy atom. The van der Waals surface area contributed by atoms with E-state index in [2.05, 4.69) is 28.7 Å². The summed E-state index contributed by atoms with van der Waals surface area (Å²) in [5.41, 5.74) is 1.79. The second-order valence-corrected chi connectivity index (χ2v) is 9.06. The Bertz CT molecular complexity index is 1080. The third-order valence-electron chi connectivity index (χ3n) is 6.09. The number of aromatic nitrogens is 2. The van der Waals surface area contributed by atoms with Crippen LogP contribution in [-0.4, -0.2) is 75.6 Å². The summed E-state index contributed by atoms with van der Waals surface area (Å²) in [6, 6.07) is 5.00. The van der Waals surface area contributed by atoms with Crippen molar-refractivity contribution in [3.63, 3.8) is 0 Å². The molecule has 8 nitrogen and oxygen atoms in total. The number of fused-ring (bicyclic) bond motifs is 1. The molecule has 0 fully saturated rings. The summed E-state index contributed by atoms with van der Waals surface area (Å²) >= 11 is 0. The lowest BCUT2D eigenvalue weighted by Crippen LogP contribution is -2.50. The molecule has 2 amide bonds. The number of carbonyl (C=O) groups is 2. The van der Waals surface area contributed by atoms with Crippen LogP contribution in [0, 0.1) is 17.8 Å². The molecule has 0 aliphatic carbocycles. The SMILES string of the molecule is CCCC#Cc1cnc2c(c1)C(=O)N([C@@H](C)CO)C[C@H](C)[C@H](CN(C)C(=O)Cc1cccnc1)O2. The average molecular weight is 479 g/mol. The number of likely N-dealkylation sites (N-methyl/N-ethyl adjacent to an activating group) is 1. The van der Waals surface area contributed by atoms with Crippen molar-refractivity contribution in [1.29, 1.82) is 0 Å². The summed E-state index contributed by atoms with van der Waals surface area (Å²) in [4.78, 5) is 38.1. The normalized spacial score (nSPS) is 18.3. The second kappa shape index (κ2) is 12.3. The van der Waals surface area contributed by atoms with Crippen LogP contribution in [0.2, 0.25) is 0 Å². The van der Waals surface area contributed by atoms with Gasteiger partial charge in [0.05, 0.1) is 25.6 Å². The van der Waals surface area contributed by atoms with Crippen LogP contribution in [0.1, 0.15) is 55.1 Å². The van der Waals surface area contributed by atoms with Gasteiger partial charge in [0, 0.05) is 50.1 Å². The third kappa shape index (κ3) is 6.80. The monoisotopic (exact) mass is 478 g/mol. The number of pyridine rings is 2. The van der Waals surface area contributed by atoms with Crippen LogP contribution >= 0.6 is 0 Å². The third-order valence-corrected chi connectivity index (χ3v) is 6.09. The molecule has 0 unspecified atom stereocenters. The number of amides is 2. The first-order valence-corrected chi connectivity index (χ1v) is 12.0. The van der Waals surface area contributed by atoms with Crippen LogP contribution in [0.4, 0.5) is 0 Å². The second-order valence-electron chi connectivity index (χ2n) is 9.06. The Morgan fingerprint density at radius 1 is 1.40 bits per heavy atom. The van der Waals surface area contributed by atoms with Gasteiger partial charge in [0.2, 0.25) is 11.8 Å². The lowest BCUT2D eigenvalue weighted by atomic mass is 9.99. The van der Waals surface area contributed by atoms with Crippen LogP contribution in [-0.2, 0) is 11.2 Å². The molecule has 3 heterocycles. The Hall–Kier alpha value is -3.44. The van der Waals surface area contributed by atoms with Crippen molar-refractivity contribution in [1.82, 2.24) is 19.8 Å². The van der Waals surface area contributed by atoms with Gasteiger partial charge in [-0.2, -0.15) is 0 Å². The number of aliphatic hydroxyl groups is 1. The highest BCUT2D eigenvalue weighted by molar-refractivity contribution is 5.97. The zero-order chi connectivity index (χ0) is 25.4. The molecule has 0 saturated heterocycles. The summed E-state index contributed by atoms with van der Waals surface area (Å²) in [5.74, 6) is 5.93. The lowest BCUT2D eigenvalue weighted by Gasteiger charge is -2.37. The number of aliphatic hydroxyl groups excluding tert-OH is 1. The van der Waals surface area contributed by atoms with Crippen molar-refractivity contribution in [2.24, 2.45) is 5.92 Å². The minimum atomic E-state index is -0.400. The van der Waals surface area contributed by atoms with Crippen molar-refractivity contribution in [2.75, 3.05) is 26.7 Å². The van der Waals surface area contributed by atoms with E-state index >= 15 is 0 Å². The van der Waals surface area contributed by atoms with Crippen molar-refractivity contribution < 1.29 is 19.4 Å². The zero-order valence-corrected chi connectivity index (χ0v) is 20.9. The van der Waals surface area contributed by atoms with Crippen LogP contribution < -0.4 is 4.74 Å². The van der Waals surface area contributed by atoms with Crippen molar-refractivity contribution >= 4 is 11.8 Å². The summed E-state index contributed by atoms with van der Waals surface area (Å²) in [6.07, 6.45) is 6.51. The zero-order valence-electron chi connectivity index (χ0n) is 20.9. The molecule has 1 aliphatic heterocycles. The number of ether oxygens (including phenoxy) is 1. The van der Waals surface area contributed by atoms with Crippen LogP contribution in [0.3, 0.4) is 0 Å². The Balaban J connectivity index is 1.87. The predicted octanol–water partition coefficient (Wildman–Crippen LogP) is 2.55. The van der Waals surface area contributed by atoms with Gasteiger partial charge in [0.15, 0.2) is 0 Å². The number of nitrogens with zero attached hydrogens (tertiary/aromatic N) is 4. The molecule has 0 saturated carbocycles. The first-order chi connectivity index (χ1) is 16.8. The van der Waals surface area contributed by atoms with Gasteiger partial charge in [-0.25, -0.2) is 4.98 Å². The number of hydrogen-bond acceptors (Lipinski definition) is 6. The molecule has 0 radical (unpaired) electrons. The smallest absolute Gasteiger partial charge is 0.259 e. The fourth-order valence-corrected chi connectivity index (χ4v) is 3.86. The summed E-state index contributed by atoms with van der Waals surface area (Å²) in [6.45, 7) is 6.38. The summed E-state index contributed by atoms with van der Waals surface area (Å²) in [5, 5.41) is 9.80. The van der Waals surface area contributed by atoms with Gasteiger partial charge < -0.3 is 19.6 Å². The van der Waals surface area contributed by atoms with Gasteiger partial charge in [0.25, 0.3) is 5.91 Å². The number of rotatable bonds is 7. The van der Waals surface area contributed by atoms with Gasteiger partial charge in [-0.15, -0.1) is 0 Å². The van der Waals surface area contributed by atoms with E-state index in [1.54, 1.807) is 47.6 Å². The predicted molar refractivity (Wildman–Crippen MR) is 133 cm³/mol. The van der Waals surface area contributed by atoms with Gasteiger partial charge >= 0.3 is 0 Å². The maximum absolute atomic E-state index is 13.4. The van der Waals surface area contributed by atoms with Gasteiger partial charge in [0.1, 0.15) is 11.7 Å². The molecule has 3 rings (SSSR count). The van der Waals surface area contributed by atoms with E-state index in [9.17, 15) is 14.7 Å². The van der Waals surface area contributed by atoms with E-state index in [1.807, 2.05) is 19.9 Å². The minimum Gasteiger partial charge on any atom is -0.472 e. The highest BCUT2D eigenvalue weighted by Crippen LogP contribution is 2.27. The van der Waals surface area contributed by atoms with Crippen molar-refractivity contribution in [3.05, 3.63) is 53.5 Å². The van der Waals surface area contributed by atoms with Crippen molar-refractivity contribution in [2.45, 2.75) is 52.2 Å². The van der Waals surface area contributed by atoms with E-state index in [-0.39, 0.29) is 42.7 Å². The maximum atomic E-state index is 13.4. The topological polar surface area (TPSA) is 95.9 Å². The van der Waals surface area contributed by atoms with Crippen LogP contribution in [0.5, 0.6) is 5.88 Å². The molecule has 186 valence electrons. The molecule has 2 aromatic heterocycles. The lowest BCUT2D eigenvalue weighted by molar-refractivity contribution is -0.130. The molecule has 8 heteroatoms. The fraction of sp³-hybridized carbons (Fsp3) is 0.481. The van der Waals surface area contributed by atoms with E-state index in [1.165, 1.54) is 0 Å². The largest absolute Gasteiger partial charge is 0.472 e. The van der Waals surface area contributed by atoms with Crippen LogP contribution in [0.15, 0.2) is 36.8 Å². The summed E-state index contributed by atoms with van der Waals surface area (Å²) in [7, 11) is 1.74. The highest BCUT2D eigenvalue weighted by atomic mass is 16.5. The van der Waals surface area contributed by atoms with E-state index in [0.717, 1.165) is 18.4 Å². The Labute approximate surface area is 207 Å². The van der Waals surface area contributed by atoms with Gasteiger partial charge in [-0.3, -0.25) is 14.6 Å². The molecule has 0 bridgehead atoms. The van der Waals surface area contributed by atoms with E-state index in [4.69, 9.17) is 4.74 Å². The quantitative estimate of drug-likeness (QED) is 0.615. The first kappa shape index (κ1) is 26.2. The molecular formula is C27H34N4O4. The molecule has 2 aromatic rings. The molecular weight excluding hydrogens is 444 g/mol. The highest BCUT2D eigenvalue weighted by Gasteiger charge is 2.34. The molecule has 0 spiro atoms. The minimum absolute atomic E-state index is 0.0535. The fourth-order valence-electron chi connectivity index (χ4n) is 3.86. The molecule has 1 aliphatic rings. The van der Waals surface area contributed by atoms with Gasteiger partial charge in [-0.05, 0) is 31.0 Å². The number of unbranched alkanes of at least 4 members (excludes halogenated alkanes) is 1. The van der Waals surface area contributed by atoms with Gasteiger partial charge in [-0.1, -0.05) is 31.8 Å². The van der Waals surface area contributed by atoms with Crippen molar-refractivity contribution in [3.8, 4) is 17.7 Å². The maximum Gasteiger partial charge on any atom is 0.259 e. The molecule has 0 aromatic carbocycles. The average Bonchev–Trinajstić information content (AvgIpc) is 2.86. The summed E-state index contributed by atoms with van der Waals surface area (Å²) < 4.78 is 6.26. The molecule has 3 atom stereocenters. The standard InChI is InChI=1S/C27H34N4O4/c1-5-6-7-9-21-12-23-26(29-15-21)35-24(19(2)16-31(27(23)34)20(3)18-32)17-30(4)25(33)13-22-10-8-11-28-14-22/h8,10-12,14-15,19-20,24,32H,5-6,13,16-18H2,1-4H3/t19-,20-,24-/m0/s1. The number of hydrogen-bond donors (Lipinski definition) is 1. The Morgan fingerprint density at radius 2 is 2.20 bits per heavy atom. The number of carbonyl (C=O) groups excluding carboxylic acids is 2.